The number of hydrogen-bond donors (Lipinski definition) is 3. The number of aromatic nitrogens is 2. The summed E-state index contributed by atoms with van der Waals surface area (Å²) in [6.07, 6.45) is 0. The first kappa shape index (κ1) is 11.3. The third-order valence-corrected chi connectivity index (χ3v) is 1.44. The second-order valence-electron chi connectivity index (χ2n) is 2.70. The van der Waals surface area contributed by atoms with Gasteiger partial charge in [-0.25, -0.2) is 5.10 Å². The van der Waals surface area contributed by atoms with E-state index in [4.69, 9.17) is 10.5 Å². The van der Waals surface area contributed by atoms with Crippen LogP contribution in [0.1, 0.15) is 0 Å². The number of nitrogens with one attached hydrogen (secondary N) is 2. The lowest BCUT2D eigenvalue weighted by Crippen LogP contribution is -2.22. The van der Waals surface area contributed by atoms with Crippen LogP contribution in [0.2, 0.25) is 0 Å². The van der Waals surface area contributed by atoms with E-state index in [2.05, 4.69) is 15.5 Å². The molecule has 15 heavy (non-hydrogen) atoms. The lowest BCUT2D eigenvalue weighted by Gasteiger charge is -2.03. The van der Waals surface area contributed by atoms with Gasteiger partial charge >= 0.3 is 0 Å². The lowest BCUT2D eigenvalue weighted by atomic mass is 10.5. The van der Waals surface area contributed by atoms with Crippen LogP contribution >= 0.6 is 0 Å². The average molecular weight is 212 g/mol. The third-order valence-electron chi connectivity index (χ3n) is 1.44. The molecular formula is C8H12N4O3. The van der Waals surface area contributed by atoms with E-state index in [1.165, 1.54) is 12.1 Å². The van der Waals surface area contributed by atoms with Gasteiger partial charge in [0.05, 0.1) is 6.61 Å². The molecule has 0 saturated carbocycles. The van der Waals surface area contributed by atoms with Gasteiger partial charge in [0.1, 0.15) is 6.61 Å². The Kier molecular flexibility index (Phi) is 4.45. The molecule has 1 amide bonds. The third kappa shape index (κ3) is 4.34. The van der Waals surface area contributed by atoms with Gasteiger partial charge in [-0.1, -0.05) is 0 Å². The molecule has 0 saturated heterocycles. The van der Waals surface area contributed by atoms with Crippen LogP contribution in [-0.4, -0.2) is 35.9 Å². The molecular weight excluding hydrogens is 200 g/mol. The molecule has 0 bridgehead atoms. The molecule has 0 fully saturated rings. The molecule has 0 atom stereocenters. The predicted octanol–water partition coefficient (Wildman–Crippen LogP) is -1.32. The van der Waals surface area contributed by atoms with Crippen molar-refractivity contribution in [2.24, 2.45) is 5.73 Å². The molecule has 0 aliphatic carbocycles. The lowest BCUT2D eigenvalue weighted by molar-refractivity contribution is -0.120. The topological polar surface area (TPSA) is 110 Å². The summed E-state index contributed by atoms with van der Waals surface area (Å²) in [5.41, 5.74) is 4.85. The Morgan fingerprint density at radius 1 is 1.60 bits per heavy atom. The maximum absolute atomic E-state index is 11.2. The van der Waals surface area contributed by atoms with Crippen LogP contribution in [0.5, 0.6) is 0 Å². The summed E-state index contributed by atoms with van der Waals surface area (Å²) >= 11 is 0. The van der Waals surface area contributed by atoms with E-state index in [1.807, 2.05) is 0 Å². The van der Waals surface area contributed by atoms with Crippen molar-refractivity contribution in [3.63, 3.8) is 0 Å². The number of amides is 1. The molecule has 0 spiro atoms. The number of anilines is 1. The minimum atomic E-state index is -0.344. The predicted molar refractivity (Wildman–Crippen MR) is 53.4 cm³/mol. The van der Waals surface area contributed by atoms with Crippen LogP contribution in [0, 0.1) is 0 Å². The number of nitrogens with zero attached hydrogens (tertiary/aromatic N) is 1. The van der Waals surface area contributed by atoms with E-state index in [0.29, 0.717) is 13.2 Å². The van der Waals surface area contributed by atoms with Crippen molar-refractivity contribution < 1.29 is 9.53 Å². The molecule has 0 unspecified atom stereocenters. The Labute approximate surface area is 85.6 Å². The highest BCUT2D eigenvalue weighted by Crippen LogP contribution is 1.95. The van der Waals surface area contributed by atoms with Gasteiger partial charge in [0, 0.05) is 12.6 Å². The normalized spacial score (nSPS) is 9.93. The standard InChI is InChI=1S/C8H12N4O3/c9-3-4-15-5-8(14)10-6-1-2-7(13)12-11-6/h1-2H,3-5,9H2,(H,12,13)(H,10,11,14). The summed E-state index contributed by atoms with van der Waals surface area (Å²) in [5, 5.41) is 8.23. The number of rotatable bonds is 5. The van der Waals surface area contributed by atoms with Crippen molar-refractivity contribution in [3.05, 3.63) is 22.5 Å². The molecule has 1 heterocycles. The molecule has 1 aromatic heterocycles. The summed E-state index contributed by atoms with van der Waals surface area (Å²) in [5.74, 6) is -0.0704. The number of hydrogen-bond acceptors (Lipinski definition) is 5. The van der Waals surface area contributed by atoms with E-state index in [-0.39, 0.29) is 23.9 Å². The van der Waals surface area contributed by atoms with Crippen molar-refractivity contribution in [3.8, 4) is 0 Å². The molecule has 0 aromatic carbocycles. The second kappa shape index (κ2) is 5.89. The first-order valence-corrected chi connectivity index (χ1v) is 4.36. The van der Waals surface area contributed by atoms with Gasteiger partial charge < -0.3 is 15.8 Å². The van der Waals surface area contributed by atoms with Crippen LogP contribution < -0.4 is 16.6 Å². The molecule has 4 N–H and O–H groups in total. The fourth-order valence-corrected chi connectivity index (χ4v) is 0.841. The smallest absolute Gasteiger partial charge is 0.264 e. The molecule has 0 aliphatic heterocycles. The van der Waals surface area contributed by atoms with E-state index in [9.17, 15) is 9.59 Å². The molecule has 0 aliphatic rings. The van der Waals surface area contributed by atoms with E-state index in [0.717, 1.165) is 0 Å². The average Bonchev–Trinajstić information content (AvgIpc) is 2.22. The first-order chi connectivity index (χ1) is 7.22. The zero-order valence-corrected chi connectivity index (χ0v) is 8.03. The van der Waals surface area contributed by atoms with Gasteiger partial charge in [-0.2, -0.15) is 5.10 Å². The molecule has 7 nitrogen and oxygen atoms in total. The van der Waals surface area contributed by atoms with Crippen molar-refractivity contribution in [2.75, 3.05) is 25.1 Å². The highest BCUT2D eigenvalue weighted by molar-refractivity contribution is 5.90. The summed E-state index contributed by atoms with van der Waals surface area (Å²) in [4.78, 5) is 21.8. The summed E-state index contributed by atoms with van der Waals surface area (Å²) in [6.45, 7) is 0.606. The monoisotopic (exact) mass is 212 g/mol. The fraction of sp³-hybridized carbons (Fsp3) is 0.375. The van der Waals surface area contributed by atoms with E-state index >= 15 is 0 Å². The Hall–Kier alpha value is -1.73. The molecule has 1 rings (SSSR count). The van der Waals surface area contributed by atoms with Crippen molar-refractivity contribution in [1.29, 1.82) is 0 Å². The maximum Gasteiger partial charge on any atom is 0.264 e. The summed E-state index contributed by atoms with van der Waals surface area (Å²) < 4.78 is 4.90. The van der Waals surface area contributed by atoms with E-state index < -0.39 is 0 Å². The Bertz CT molecular complexity index is 356. The van der Waals surface area contributed by atoms with Crippen LogP contribution in [0.15, 0.2) is 16.9 Å². The second-order valence-corrected chi connectivity index (χ2v) is 2.70. The van der Waals surface area contributed by atoms with Crippen LogP contribution in [0.4, 0.5) is 5.82 Å². The summed E-state index contributed by atoms with van der Waals surface area (Å²) in [7, 11) is 0. The van der Waals surface area contributed by atoms with Crippen molar-refractivity contribution >= 4 is 11.7 Å². The quantitative estimate of drug-likeness (QED) is 0.524. The highest BCUT2D eigenvalue weighted by atomic mass is 16.5. The zero-order chi connectivity index (χ0) is 11.1. The molecule has 82 valence electrons. The number of H-pyrrole nitrogens is 1. The fourth-order valence-electron chi connectivity index (χ4n) is 0.841. The number of carbonyl (C=O) groups excluding carboxylic acids is 1. The van der Waals surface area contributed by atoms with Gasteiger partial charge in [-0.15, -0.1) is 0 Å². The van der Waals surface area contributed by atoms with Crippen LogP contribution in [0.25, 0.3) is 0 Å². The SMILES string of the molecule is NCCOCC(=O)Nc1ccc(=O)[nH]n1. The number of aromatic amines is 1. The number of carbonyl (C=O) groups is 1. The zero-order valence-electron chi connectivity index (χ0n) is 8.03. The highest BCUT2D eigenvalue weighted by Gasteiger charge is 2.02. The van der Waals surface area contributed by atoms with Gasteiger partial charge in [0.2, 0.25) is 0 Å². The van der Waals surface area contributed by atoms with Gasteiger partial charge in [-0.05, 0) is 6.07 Å². The minimum Gasteiger partial charge on any atom is -0.370 e. The van der Waals surface area contributed by atoms with Gasteiger partial charge in [-0.3, -0.25) is 9.59 Å². The largest absolute Gasteiger partial charge is 0.370 e. The molecule has 7 heteroatoms. The Balaban J connectivity index is 2.37. The number of nitrogens with two attached hydrogens (primary N) is 1. The van der Waals surface area contributed by atoms with Crippen LogP contribution in [-0.2, 0) is 9.53 Å². The Morgan fingerprint density at radius 2 is 2.40 bits per heavy atom. The molecule has 1 aromatic rings. The first-order valence-electron chi connectivity index (χ1n) is 4.36. The van der Waals surface area contributed by atoms with Gasteiger partial charge in [0.15, 0.2) is 5.82 Å². The van der Waals surface area contributed by atoms with Crippen molar-refractivity contribution in [1.82, 2.24) is 10.2 Å². The summed E-state index contributed by atoms with van der Waals surface area (Å²) in [6, 6.07) is 2.67. The minimum absolute atomic E-state index is 0.0853. The molecule has 0 radical (unpaired) electrons. The van der Waals surface area contributed by atoms with Crippen molar-refractivity contribution in [2.45, 2.75) is 0 Å². The maximum atomic E-state index is 11.2. The van der Waals surface area contributed by atoms with Gasteiger partial charge in [0.25, 0.3) is 11.5 Å². The van der Waals surface area contributed by atoms with E-state index in [1.54, 1.807) is 0 Å². The van der Waals surface area contributed by atoms with Crippen LogP contribution in [0.3, 0.4) is 0 Å². The number of ether oxygens (including phenoxy) is 1. The Morgan fingerprint density at radius 3 is 3.00 bits per heavy atom.